The second-order valence-electron chi connectivity index (χ2n) is 7.03. The maximum atomic E-state index is 13.1. The lowest BCUT2D eigenvalue weighted by Gasteiger charge is -2.26. The highest BCUT2D eigenvalue weighted by atomic mass is 19.1. The zero-order valence-electron chi connectivity index (χ0n) is 15.5. The van der Waals surface area contributed by atoms with Crippen LogP contribution in [-0.2, 0) is 13.0 Å². The van der Waals surface area contributed by atoms with E-state index in [1.54, 1.807) is 24.3 Å². The number of amides is 1. The average molecular weight is 375 g/mol. The fourth-order valence-corrected chi connectivity index (χ4v) is 3.66. The molecule has 1 aliphatic rings. The number of rotatable bonds is 5. The largest absolute Gasteiger partial charge is 0.488 e. The molecule has 0 fully saturated rings. The third-order valence-corrected chi connectivity index (χ3v) is 5.11. The smallest absolute Gasteiger partial charge is 0.255 e. The van der Waals surface area contributed by atoms with Gasteiger partial charge in [0.15, 0.2) is 0 Å². The van der Waals surface area contributed by atoms with E-state index in [0.29, 0.717) is 11.3 Å². The van der Waals surface area contributed by atoms with Gasteiger partial charge in [-0.15, -0.1) is 0 Å². The van der Waals surface area contributed by atoms with E-state index in [2.05, 4.69) is 17.4 Å². The normalized spacial score (nSPS) is 15.5. The van der Waals surface area contributed by atoms with Gasteiger partial charge in [-0.25, -0.2) is 4.39 Å². The van der Waals surface area contributed by atoms with E-state index in [4.69, 9.17) is 4.74 Å². The standard InChI is InChI=1S/C24H22FNO2/c25-19-14-12-17(13-15-19)16-28-23-11-4-3-9-21(23)24(27)26-22-10-5-7-18-6-1-2-8-20(18)22/h1-4,6,8-9,11-15,22H,5,7,10,16H2,(H,26,27)/t22-/m0/s1. The molecular weight excluding hydrogens is 353 g/mol. The second kappa shape index (κ2) is 8.26. The van der Waals surface area contributed by atoms with Gasteiger partial charge in [0.25, 0.3) is 5.91 Å². The number of fused-ring (bicyclic) bond motifs is 1. The number of hydrogen-bond donors (Lipinski definition) is 1. The first kappa shape index (κ1) is 18.2. The number of benzene rings is 3. The quantitative estimate of drug-likeness (QED) is 0.665. The number of para-hydroxylation sites is 1. The molecular formula is C24H22FNO2. The van der Waals surface area contributed by atoms with E-state index >= 15 is 0 Å². The fourth-order valence-electron chi connectivity index (χ4n) is 3.66. The Morgan fingerprint density at radius 1 is 1.00 bits per heavy atom. The van der Waals surface area contributed by atoms with Crippen LogP contribution in [0.5, 0.6) is 5.75 Å². The van der Waals surface area contributed by atoms with Crippen molar-refractivity contribution in [2.45, 2.75) is 31.9 Å². The summed E-state index contributed by atoms with van der Waals surface area (Å²) in [5.74, 6) is 0.0983. The predicted octanol–water partition coefficient (Wildman–Crippen LogP) is 5.21. The van der Waals surface area contributed by atoms with Gasteiger partial charge in [0.2, 0.25) is 0 Å². The number of aryl methyl sites for hydroxylation is 1. The van der Waals surface area contributed by atoms with E-state index in [-0.39, 0.29) is 24.4 Å². The minimum absolute atomic E-state index is 0.0163. The minimum Gasteiger partial charge on any atom is -0.488 e. The molecule has 3 aromatic rings. The highest BCUT2D eigenvalue weighted by Gasteiger charge is 2.23. The van der Waals surface area contributed by atoms with E-state index in [0.717, 1.165) is 24.8 Å². The molecule has 0 saturated heterocycles. The Labute approximate surface area is 164 Å². The lowest BCUT2D eigenvalue weighted by atomic mass is 9.87. The Balaban J connectivity index is 1.49. The van der Waals surface area contributed by atoms with Crippen LogP contribution in [-0.4, -0.2) is 5.91 Å². The van der Waals surface area contributed by atoms with Crippen LogP contribution in [0, 0.1) is 5.82 Å². The number of hydrogen-bond acceptors (Lipinski definition) is 2. The molecule has 0 heterocycles. The number of carbonyl (C=O) groups excluding carboxylic acids is 1. The molecule has 4 heteroatoms. The van der Waals surface area contributed by atoms with Crippen LogP contribution in [0.25, 0.3) is 0 Å². The van der Waals surface area contributed by atoms with Crippen molar-refractivity contribution in [3.63, 3.8) is 0 Å². The monoisotopic (exact) mass is 375 g/mol. The number of halogens is 1. The first-order valence-corrected chi connectivity index (χ1v) is 9.55. The lowest BCUT2D eigenvalue weighted by Crippen LogP contribution is -2.31. The number of carbonyl (C=O) groups is 1. The summed E-state index contributed by atoms with van der Waals surface area (Å²) >= 11 is 0. The zero-order valence-corrected chi connectivity index (χ0v) is 15.5. The van der Waals surface area contributed by atoms with Gasteiger partial charge in [-0.1, -0.05) is 48.5 Å². The van der Waals surface area contributed by atoms with Gasteiger partial charge >= 0.3 is 0 Å². The highest BCUT2D eigenvalue weighted by Crippen LogP contribution is 2.30. The minimum atomic E-state index is -0.281. The molecule has 3 nitrogen and oxygen atoms in total. The summed E-state index contributed by atoms with van der Waals surface area (Å²) in [6.07, 6.45) is 3.05. The molecule has 3 aromatic carbocycles. The molecule has 4 rings (SSSR count). The molecule has 0 saturated carbocycles. The number of nitrogens with one attached hydrogen (secondary N) is 1. The molecule has 1 N–H and O–H groups in total. The predicted molar refractivity (Wildman–Crippen MR) is 107 cm³/mol. The van der Waals surface area contributed by atoms with Crippen molar-refractivity contribution in [2.24, 2.45) is 0 Å². The molecule has 1 amide bonds. The van der Waals surface area contributed by atoms with Crippen molar-refractivity contribution in [3.05, 3.63) is 101 Å². The summed E-state index contributed by atoms with van der Waals surface area (Å²) < 4.78 is 18.9. The van der Waals surface area contributed by atoms with Crippen LogP contribution in [0.4, 0.5) is 4.39 Å². The van der Waals surface area contributed by atoms with Gasteiger partial charge < -0.3 is 10.1 Å². The Hall–Kier alpha value is -3.14. The summed E-state index contributed by atoms with van der Waals surface area (Å²) in [5.41, 5.74) is 3.86. The summed E-state index contributed by atoms with van der Waals surface area (Å²) in [4.78, 5) is 13.0. The zero-order chi connectivity index (χ0) is 19.3. The molecule has 0 aromatic heterocycles. The van der Waals surface area contributed by atoms with Crippen molar-refractivity contribution < 1.29 is 13.9 Å². The Morgan fingerprint density at radius 2 is 1.75 bits per heavy atom. The van der Waals surface area contributed by atoms with Crippen molar-refractivity contribution in [1.82, 2.24) is 5.32 Å². The molecule has 28 heavy (non-hydrogen) atoms. The maximum Gasteiger partial charge on any atom is 0.255 e. The Bertz CT molecular complexity index is 968. The first-order valence-electron chi connectivity index (χ1n) is 9.55. The van der Waals surface area contributed by atoms with Gasteiger partial charge in [0.05, 0.1) is 11.6 Å². The molecule has 0 unspecified atom stereocenters. The SMILES string of the molecule is O=C(N[C@H]1CCCc2ccccc21)c1ccccc1OCc1ccc(F)cc1. The fraction of sp³-hybridized carbons (Fsp3) is 0.208. The number of ether oxygens (including phenoxy) is 1. The van der Waals surface area contributed by atoms with E-state index in [1.807, 2.05) is 24.3 Å². The average Bonchev–Trinajstić information content (AvgIpc) is 2.74. The third-order valence-electron chi connectivity index (χ3n) is 5.11. The summed E-state index contributed by atoms with van der Waals surface area (Å²) in [7, 11) is 0. The van der Waals surface area contributed by atoms with Crippen molar-refractivity contribution in [3.8, 4) is 5.75 Å². The summed E-state index contributed by atoms with van der Waals surface area (Å²) in [5, 5.41) is 3.17. The van der Waals surface area contributed by atoms with E-state index in [1.165, 1.54) is 23.3 Å². The molecule has 0 bridgehead atoms. The van der Waals surface area contributed by atoms with Crippen LogP contribution >= 0.6 is 0 Å². The van der Waals surface area contributed by atoms with Crippen molar-refractivity contribution >= 4 is 5.91 Å². The molecule has 0 aliphatic heterocycles. The first-order chi connectivity index (χ1) is 13.7. The molecule has 0 radical (unpaired) electrons. The lowest BCUT2D eigenvalue weighted by molar-refractivity contribution is 0.0928. The van der Waals surface area contributed by atoms with Crippen LogP contribution in [0.1, 0.15) is 45.9 Å². The van der Waals surface area contributed by atoms with E-state index < -0.39 is 0 Å². The second-order valence-corrected chi connectivity index (χ2v) is 7.03. The van der Waals surface area contributed by atoms with Crippen LogP contribution in [0.15, 0.2) is 72.8 Å². The Kier molecular flexibility index (Phi) is 5.38. The van der Waals surface area contributed by atoms with Crippen LogP contribution in [0.2, 0.25) is 0 Å². The van der Waals surface area contributed by atoms with Gasteiger partial charge in [0, 0.05) is 0 Å². The van der Waals surface area contributed by atoms with Crippen LogP contribution in [0.3, 0.4) is 0 Å². The molecule has 0 spiro atoms. The van der Waals surface area contributed by atoms with Gasteiger partial charge in [-0.3, -0.25) is 4.79 Å². The van der Waals surface area contributed by atoms with Crippen LogP contribution < -0.4 is 10.1 Å². The van der Waals surface area contributed by atoms with E-state index in [9.17, 15) is 9.18 Å². The molecule has 1 aliphatic carbocycles. The third kappa shape index (κ3) is 4.06. The molecule has 142 valence electrons. The summed E-state index contributed by atoms with van der Waals surface area (Å²) in [6.45, 7) is 0.275. The van der Waals surface area contributed by atoms with Gasteiger partial charge in [-0.05, 0) is 60.2 Å². The Morgan fingerprint density at radius 3 is 2.61 bits per heavy atom. The maximum absolute atomic E-state index is 13.1. The van der Waals surface area contributed by atoms with Crippen molar-refractivity contribution in [1.29, 1.82) is 0 Å². The topological polar surface area (TPSA) is 38.3 Å². The van der Waals surface area contributed by atoms with Crippen molar-refractivity contribution in [2.75, 3.05) is 0 Å². The van der Waals surface area contributed by atoms with Gasteiger partial charge in [0.1, 0.15) is 18.2 Å². The molecule has 1 atom stereocenters. The summed E-state index contributed by atoms with van der Waals surface area (Å²) in [6, 6.07) is 21.7. The van der Waals surface area contributed by atoms with Gasteiger partial charge in [-0.2, -0.15) is 0 Å². The highest BCUT2D eigenvalue weighted by molar-refractivity contribution is 5.97.